The van der Waals surface area contributed by atoms with Gasteiger partial charge in [-0.1, -0.05) is 40.9 Å². The first-order valence-electron chi connectivity index (χ1n) is 5.65. The van der Waals surface area contributed by atoms with Crippen molar-refractivity contribution in [1.82, 2.24) is 5.06 Å². The Balaban J connectivity index is 2.48. The molecule has 1 unspecified atom stereocenters. The predicted octanol–water partition coefficient (Wildman–Crippen LogP) is 3.35. The summed E-state index contributed by atoms with van der Waals surface area (Å²) in [6.07, 6.45) is -0.522. The second kappa shape index (κ2) is 5.85. The van der Waals surface area contributed by atoms with E-state index in [1.807, 2.05) is 6.07 Å². The number of nitrogens with zero attached hydrogens (tertiary/aromatic N) is 2. The SMILES string of the molecule is COc1cccc(OC)c1C1N=C(C(Cl)(Cl)Cl)ON1C. The first-order valence-corrected chi connectivity index (χ1v) is 6.78. The number of alkyl halides is 3. The number of aliphatic imine (C=N–C) groups is 1. The fraction of sp³-hybridized carbons (Fsp3) is 0.417. The highest BCUT2D eigenvalue weighted by Gasteiger charge is 2.40. The molecule has 1 aromatic rings. The molecule has 1 heterocycles. The molecule has 1 aromatic carbocycles. The standard InChI is InChI=1S/C12H13Cl3N2O3/c1-17-10(16-11(20-17)12(13,14)15)9-7(18-2)5-4-6-8(9)19-3/h4-6,10H,1-3H3. The molecule has 0 fully saturated rings. The molecule has 0 N–H and O–H groups in total. The van der Waals surface area contributed by atoms with Crippen molar-refractivity contribution in [2.75, 3.05) is 21.3 Å². The Labute approximate surface area is 131 Å². The molecule has 0 radical (unpaired) electrons. The van der Waals surface area contributed by atoms with Gasteiger partial charge in [-0.25, -0.2) is 4.99 Å². The highest BCUT2D eigenvalue weighted by Crippen LogP contribution is 2.42. The van der Waals surface area contributed by atoms with E-state index in [9.17, 15) is 0 Å². The smallest absolute Gasteiger partial charge is 0.268 e. The highest BCUT2D eigenvalue weighted by atomic mass is 35.6. The Bertz CT molecular complexity index is 509. The number of rotatable bonds is 3. The van der Waals surface area contributed by atoms with Crippen LogP contribution < -0.4 is 9.47 Å². The number of halogens is 3. The van der Waals surface area contributed by atoms with Gasteiger partial charge in [0.25, 0.3) is 9.69 Å². The maximum atomic E-state index is 5.79. The lowest BCUT2D eigenvalue weighted by Crippen LogP contribution is -2.24. The molecule has 1 aliphatic heterocycles. The van der Waals surface area contributed by atoms with Crippen LogP contribution in [0.5, 0.6) is 11.5 Å². The summed E-state index contributed by atoms with van der Waals surface area (Å²) in [4.78, 5) is 9.66. The van der Waals surface area contributed by atoms with E-state index in [0.29, 0.717) is 17.1 Å². The number of ether oxygens (including phenoxy) is 2. The largest absolute Gasteiger partial charge is 0.496 e. The van der Waals surface area contributed by atoms with E-state index in [-0.39, 0.29) is 5.90 Å². The summed E-state index contributed by atoms with van der Waals surface area (Å²) in [5.41, 5.74) is 0.698. The third-order valence-corrected chi connectivity index (χ3v) is 3.27. The van der Waals surface area contributed by atoms with Gasteiger partial charge in [0, 0.05) is 7.05 Å². The minimum atomic E-state index is -1.72. The fourth-order valence-electron chi connectivity index (χ4n) is 1.91. The number of hydroxylamine groups is 2. The van der Waals surface area contributed by atoms with Crippen molar-refractivity contribution in [2.45, 2.75) is 9.96 Å². The molecular weight excluding hydrogens is 327 g/mol. The van der Waals surface area contributed by atoms with Crippen LogP contribution in [-0.4, -0.2) is 36.0 Å². The first kappa shape index (κ1) is 15.5. The zero-order chi connectivity index (χ0) is 14.9. The summed E-state index contributed by atoms with van der Waals surface area (Å²) < 4.78 is 8.95. The molecule has 8 heteroatoms. The maximum absolute atomic E-state index is 5.79. The Kier molecular flexibility index (Phi) is 4.54. The quantitative estimate of drug-likeness (QED) is 0.792. The summed E-state index contributed by atoms with van der Waals surface area (Å²) in [6, 6.07) is 5.42. The average Bonchev–Trinajstić information content (AvgIpc) is 2.79. The summed E-state index contributed by atoms with van der Waals surface area (Å²) in [7, 11) is 4.81. The molecule has 0 saturated heterocycles. The zero-order valence-electron chi connectivity index (χ0n) is 11.1. The van der Waals surface area contributed by atoms with Crippen LogP contribution in [0.3, 0.4) is 0 Å². The van der Waals surface area contributed by atoms with Gasteiger partial charge in [0.05, 0.1) is 19.8 Å². The minimum Gasteiger partial charge on any atom is -0.496 e. The summed E-state index contributed by atoms with van der Waals surface area (Å²) in [5, 5.41) is 1.47. The van der Waals surface area contributed by atoms with Gasteiger partial charge in [-0.15, -0.1) is 5.06 Å². The molecule has 0 amide bonds. The maximum Gasteiger partial charge on any atom is 0.268 e. The number of methoxy groups -OCH3 is 2. The van der Waals surface area contributed by atoms with Gasteiger partial charge < -0.3 is 14.3 Å². The Morgan fingerprint density at radius 2 is 1.75 bits per heavy atom. The number of hydrogen-bond donors (Lipinski definition) is 0. The van der Waals surface area contributed by atoms with Crippen LogP contribution in [0, 0.1) is 0 Å². The molecule has 0 aliphatic carbocycles. The van der Waals surface area contributed by atoms with Gasteiger partial charge in [0.1, 0.15) is 11.5 Å². The first-order chi connectivity index (χ1) is 9.38. The molecular formula is C12H13Cl3N2O3. The molecule has 110 valence electrons. The number of benzene rings is 1. The van der Waals surface area contributed by atoms with Crippen molar-refractivity contribution < 1.29 is 14.3 Å². The summed E-state index contributed by atoms with van der Waals surface area (Å²) in [5.74, 6) is 1.22. The minimum absolute atomic E-state index is 0.00274. The normalized spacial score (nSPS) is 19.5. The highest BCUT2D eigenvalue weighted by molar-refractivity contribution is 6.76. The van der Waals surface area contributed by atoms with Crippen LogP contribution in [0.1, 0.15) is 11.7 Å². The Hall–Kier alpha value is -0.880. The van der Waals surface area contributed by atoms with E-state index in [0.717, 1.165) is 0 Å². The van der Waals surface area contributed by atoms with E-state index in [1.54, 1.807) is 33.4 Å². The molecule has 0 spiro atoms. The van der Waals surface area contributed by atoms with Crippen LogP contribution in [0.2, 0.25) is 0 Å². The van der Waals surface area contributed by atoms with Gasteiger partial charge in [0.2, 0.25) is 0 Å². The van der Waals surface area contributed by atoms with Crippen molar-refractivity contribution in [3.05, 3.63) is 23.8 Å². The third-order valence-electron chi connectivity index (χ3n) is 2.78. The van der Waals surface area contributed by atoms with E-state index in [4.69, 9.17) is 49.1 Å². The van der Waals surface area contributed by atoms with Crippen LogP contribution in [-0.2, 0) is 4.84 Å². The molecule has 20 heavy (non-hydrogen) atoms. The van der Waals surface area contributed by atoms with Crippen LogP contribution in [0.25, 0.3) is 0 Å². The lowest BCUT2D eigenvalue weighted by atomic mass is 10.1. The van der Waals surface area contributed by atoms with Gasteiger partial charge in [0.15, 0.2) is 6.17 Å². The molecule has 5 nitrogen and oxygen atoms in total. The van der Waals surface area contributed by atoms with E-state index in [1.165, 1.54) is 5.06 Å². The zero-order valence-corrected chi connectivity index (χ0v) is 13.3. The van der Waals surface area contributed by atoms with Crippen molar-refractivity contribution >= 4 is 40.7 Å². The second-order valence-corrected chi connectivity index (χ2v) is 6.30. The summed E-state index contributed by atoms with van der Waals surface area (Å²) >= 11 is 17.4. The van der Waals surface area contributed by atoms with Crippen molar-refractivity contribution in [3.8, 4) is 11.5 Å². The van der Waals surface area contributed by atoms with E-state index in [2.05, 4.69) is 4.99 Å². The van der Waals surface area contributed by atoms with Crippen molar-refractivity contribution in [1.29, 1.82) is 0 Å². The monoisotopic (exact) mass is 338 g/mol. The van der Waals surface area contributed by atoms with Crippen LogP contribution >= 0.6 is 34.8 Å². The fourth-order valence-corrected chi connectivity index (χ4v) is 2.16. The molecule has 1 aliphatic rings. The molecule has 1 atom stereocenters. The van der Waals surface area contributed by atoms with E-state index >= 15 is 0 Å². The van der Waals surface area contributed by atoms with E-state index < -0.39 is 9.96 Å². The molecule has 0 saturated carbocycles. The van der Waals surface area contributed by atoms with Gasteiger partial charge in [-0.05, 0) is 12.1 Å². The average molecular weight is 340 g/mol. The van der Waals surface area contributed by atoms with Crippen molar-refractivity contribution in [3.63, 3.8) is 0 Å². The van der Waals surface area contributed by atoms with Gasteiger partial charge in [-0.3, -0.25) is 0 Å². The lowest BCUT2D eigenvalue weighted by molar-refractivity contribution is -0.0601. The Morgan fingerprint density at radius 1 is 1.20 bits per heavy atom. The topological polar surface area (TPSA) is 43.3 Å². The molecule has 0 bridgehead atoms. The molecule has 2 rings (SSSR count). The summed E-state index contributed by atoms with van der Waals surface area (Å²) in [6.45, 7) is 0. The Morgan fingerprint density at radius 3 is 2.15 bits per heavy atom. The van der Waals surface area contributed by atoms with Crippen molar-refractivity contribution in [2.24, 2.45) is 4.99 Å². The third kappa shape index (κ3) is 2.91. The second-order valence-electron chi connectivity index (χ2n) is 4.02. The van der Waals surface area contributed by atoms with Crippen LogP contribution in [0.15, 0.2) is 23.2 Å². The number of hydrogen-bond acceptors (Lipinski definition) is 5. The van der Waals surface area contributed by atoms with Crippen LogP contribution in [0.4, 0.5) is 0 Å². The predicted molar refractivity (Wildman–Crippen MR) is 78.9 cm³/mol. The molecule has 0 aromatic heterocycles. The lowest BCUT2D eigenvalue weighted by Gasteiger charge is -2.20. The van der Waals surface area contributed by atoms with Gasteiger partial charge in [-0.2, -0.15) is 0 Å². The van der Waals surface area contributed by atoms with Gasteiger partial charge >= 0.3 is 0 Å².